The molecule has 0 radical (unpaired) electrons. The molecule has 0 amide bonds. The molecule has 0 aromatic carbocycles. The van der Waals surface area contributed by atoms with Crippen molar-refractivity contribution >= 4 is 78.1 Å². The smallest absolute Gasteiger partial charge is 0.403 e. The van der Waals surface area contributed by atoms with E-state index in [1.165, 1.54) is 12.3 Å². The first-order valence-corrected chi connectivity index (χ1v) is 10.5. The second-order valence-electron chi connectivity index (χ2n) is 5.47. The Hall–Kier alpha value is -0.970. The lowest BCUT2D eigenvalue weighted by atomic mass is 10.2. The maximum absolute atomic E-state index is 10.4. The van der Waals surface area contributed by atoms with Crippen LogP contribution < -0.4 is 0 Å². The van der Waals surface area contributed by atoms with Gasteiger partial charge in [0.05, 0.1) is 29.0 Å². The van der Waals surface area contributed by atoms with Crippen LogP contribution in [0.4, 0.5) is 4.79 Å². The summed E-state index contributed by atoms with van der Waals surface area (Å²) < 4.78 is 5.90. The molecule has 2 N–H and O–H groups in total. The van der Waals surface area contributed by atoms with Crippen molar-refractivity contribution in [3.63, 3.8) is 0 Å². The Labute approximate surface area is 199 Å². The van der Waals surface area contributed by atoms with E-state index in [2.05, 4.69) is 46.6 Å². The van der Waals surface area contributed by atoms with Gasteiger partial charge < -0.3 is 14.9 Å². The molecule has 0 aliphatic carbocycles. The molecule has 0 aliphatic rings. The third-order valence-electron chi connectivity index (χ3n) is 2.57. The molecule has 0 fully saturated rings. The van der Waals surface area contributed by atoms with Crippen LogP contribution in [0.2, 0.25) is 10.0 Å². The summed E-state index contributed by atoms with van der Waals surface area (Å²) in [6.07, 6.45) is 2.98. The van der Waals surface area contributed by atoms with Gasteiger partial charge in [-0.1, -0.05) is 37.0 Å². The van der Waals surface area contributed by atoms with Gasteiger partial charge in [0.15, 0.2) is 5.69 Å². The molecule has 29 heavy (non-hydrogen) atoms. The van der Waals surface area contributed by atoms with Gasteiger partial charge in [0.1, 0.15) is 0 Å². The molecule has 2 aromatic rings. The number of carbonyl (C=O) groups excluding carboxylic acids is 1. The minimum Gasteiger partial charge on any atom is -0.476 e. The summed E-state index contributed by atoms with van der Waals surface area (Å²) >= 11 is 22.4. The van der Waals surface area contributed by atoms with Gasteiger partial charge in [-0.3, -0.25) is 4.98 Å². The van der Waals surface area contributed by atoms with Crippen LogP contribution in [0.3, 0.4) is 0 Å². The average Bonchev–Trinajstić information content (AvgIpc) is 2.61. The molecule has 0 saturated carbocycles. The number of halogens is 5. The van der Waals surface area contributed by atoms with E-state index in [0.717, 1.165) is 4.47 Å². The number of hydrogen-bond donors (Lipinski definition) is 2. The number of carboxylic acid groups (broad SMARTS) is 1. The first-order valence-electron chi connectivity index (χ1n) is 7.75. The topological polar surface area (TPSA) is 110 Å². The number of nitrogens with zero attached hydrogens (tertiary/aromatic N) is 2. The zero-order valence-electron chi connectivity index (χ0n) is 15.2. The number of aliphatic hydroxyl groups is 1. The van der Waals surface area contributed by atoms with E-state index in [0.29, 0.717) is 27.7 Å². The molecule has 0 spiro atoms. The summed E-state index contributed by atoms with van der Waals surface area (Å²) in [6, 6.07) is 3.18. The second kappa shape index (κ2) is 14.9. The molecule has 160 valence electrons. The van der Waals surface area contributed by atoms with Crippen LogP contribution in [-0.4, -0.2) is 38.2 Å². The maximum atomic E-state index is 10.4. The second-order valence-corrected chi connectivity index (χ2v) is 8.43. The first-order chi connectivity index (χ1) is 13.5. The summed E-state index contributed by atoms with van der Waals surface area (Å²) in [5.74, 6) is -0.764. The fourth-order valence-corrected chi connectivity index (χ4v) is 2.83. The van der Waals surface area contributed by atoms with E-state index in [1.54, 1.807) is 12.3 Å². The molecule has 0 bridgehead atoms. The molecule has 0 aliphatic heterocycles. The lowest BCUT2D eigenvalue weighted by molar-refractivity contribution is 0.0690. The van der Waals surface area contributed by atoms with E-state index >= 15 is 0 Å². The number of carboxylic acids is 1. The molecular formula is C17H17Br2Cl3N2O5. The van der Waals surface area contributed by atoms with Crippen molar-refractivity contribution in [3.05, 3.63) is 54.9 Å². The van der Waals surface area contributed by atoms with E-state index < -0.39 is 11.4 Å². The van der Waals surface area contributed by atoms with Crippen molar-refractivity contribution in [1.29, 1.82) is 0 Å². The maximum Gasteiger partial charge on any atom is 0.403 e. The average molecular weight is 595 g/mol. The van der Waals surface area contributed by atoms with Crippen LogP contribution in [0, 0.1) is 5.92 Å². The summed E-state index contributed by atoms with van der Waals surface area (Å²) in [5.41, 5.74) is -0.349. The predicted molar refractivity (Wildman–Crippen MR) is 119 cm³/mol. The monoisotopic (exact) mass is 592 g/mol. The lowest BCUT2D eigenvalue weighted by Crippen LogP contribution is -2.02. The molecular weight excluding hydrogens is 578 g/mol. The first kappa shape index (κ1) is 28.0. The summed E-state index contributed by atoms with van der Waals surface area (Å²) in [5, 5.41) is 17.8. The Kier molecular flexibility index (Phi) is 14.4. The van der Waals surface area contributed by atoms with Gasteiger partial charge >= 0.3 is 11.4 Å². The highest BCUT2D eigenvalue weighted by Crippen LogP contribution is 2.19. The van der Waals surface area contributed by atoms with Gasteiger partial charge in [-0.2, -0.15) is 0 Å². The minimum atomic E-state index is -1.12. The number of ether oxygens (including phenoxy) is 1. The Morgan fingerprint density at radius 3 is 1.97 bits per heavy atom. The summed E-state index contributed by atoms with van der Waals surface area (Å²) in [6.45, 7) is 4.17. The number of pyridine rings is 2. The van der Waals surface area contributed by atoms with Crippen LogP contribution in [0.5, 0.6) is 0 Å². The fraction of sp³-hybridized carbons (Fsp3) is 0.294. The van der Waals surface area contributed by atoms with Gasteiger partial charge in [0, 0.05) is 32.9 Å². The van der Waals surface area contributed by atoms with Crippen molar-refractivity contribution in [2.75, 3.05) is 6.61 Å². The van der Waals surface area contributed by atoms with Crippen molar-refractivity contribution in [2.45, 2.75) is 20.5 Å². The molecule has 0 unspecified atom stereocenters. The highest BCUT2D eigenvalue weighted by atomic mass is 79.9. The van der Waals surface area contributed by atoms with Crippen molar-refractivity contribution in [2.24, 2.45) is 5.92 Å². The van der Waals surface area contributed by atoms with Crippen LogP contribution in [-0.2, 0) is 11.3 Å². The van der Waals surface area contributed by atoms with Crippen molar-refractivity contribution < 1.29 is 24.5 Å². The van der Waals surface area contributed by atoms with E-state index in [-0.39, 0.29) is 17.3 Å². The van der Waals surface area contributed by atoms with Gasteiger partial charge in [-0.05, 0) is 49.9 Å². The standard InChI is InChI=1S/C6H3BrClNO2.C6H5BrClNO.C5H9ClO2/c7-3-1-4(8)5(6(10)11)9-2-3;7-4-1-5(8)6(3-10)9-2-4;1-4(2)3-8-5(6)7/h1-2H,(H,10,11);1-2,10H,3H2;4H,3H2,1-2H3. The van der Waals surface area contributed by atoms with Crippen LogP contribution in [0.15, 0.2) is 33.5 Å². The Morgan fingerprint density at radius 2 is 1.62 bits per heavy atom. The quantitative estimate of drug-likeness (QED) is 0.405. The Morgan fingerprint density at radius 1 is 1.10 bits per heavy atom. The Bertz CT molecular complexity index is 826. The molecule has 7 nitrogen and oxygen atoms in total. The van der Waals surface area contributed by atoms with Gasteiger partial charge in [-0.25, -0.2) is 14.6 Å². The van der Waals surface area contributed by atoms with Crippen LogP contribution >= 0.6 is 66.7 Å². The number of aliphatic hydroxyl groups excluding tert-OH is 1. The molecule has 0 atom stereocenters. The minimum absolute atomic E-state index is 0.119. The third-order valence-corrected chi connectivity index (χ3v) is 4.17. The number of aromatic carboxylic acids is 1. The number of hydrogen-bond acceptors (Lipinski definition) is 6. The summed E-state index contributed by atoms with van der Waals surface area (Å²) in [7, 11) is 0. The molecule has 2 heterocycles. The zero-order valence-corrected chi connectivity index (χ0v) is 20.6. The number of rotatable bonds is 4. The van der Waals surface area contributed by atoms with Crippen LogP contribution in [0.1, 0.15) is 30.0 Å². The molecule has 0 saturated heterocycles. The fourth-order valence-electron chi connectivity index (χ4n) is 1.36. The highest BCUT2D eigenvalue weighted by molar-refractivity contribution is 9.10. The SMILES string of the molecule is CC(C)COC(=O)Cl.O=C(O)c1ncc(Br)cc1Cl.OCc1ncc(Br)cc1Cl. The van der Waals surface area contributed by atoms with Gasteiger partial charge in [0.25, 0.3) is 0 Å². The van der Waals surface area contributed by atoms with Crippen LogP contribution in [0.25, 0.3) is 0 Å². The van der Waals surface area contributed by atoms with E-state index in [9.17, 15) is 9.59 Å². The Balaban J connectivity index is 0.000000412. The predicted octanol–water partition coefficient (Wildman–Crippen LogP) is 6.20. The highest BCUT2D eigenvalue weighted by Gasteiger charge is 2.09. The van der Waals surface area contributed by atoms with Crippen molar-refractivity contribution in [1.82, 2.24) is 9.97 Å². The summed E-state index contributed by atoms with van der Waals surface area (Å²) in [4.78, 5) is 27.7. The number of aromatic nitrogens is 2. The van der Waals surface area contributed by atoms with Gasteiger partial charge in [0.2, 0.25) is 0 Å². The lowest BCUT2D eigenvalue weighted by Gasteiger charge is -2.00. The number of carbonyl (C=O) groups is 2. The zero-order chi connectivity index (χ0) is 22.6. The molecule has 2 rings (SSSR count). The molecule has 12 heteroatoms. The largest absolute Gasteiger partial charge is 0.476 e. The molecule has 2 aromatic heterocycles. The van der Waals surface area contributed by atoms with Crippen molar-refractivity contribution in [3.8, 4) is 0 Å². The third kappa shape index (κ3) is 13.0. The normalized spacial score (nSPS) is 9.69. The van der Waals surface area contributed by atoms with E-state index in [4.69, 9.17) is 45.0 Å². The van der Waals surface area contributed by atoms with Gasteiger partial charge in [-0.15, -0.1) is 0 Å². The van der Waals surface area contributed by atoms with E-state index in [1.807, 2.05) is 13.8 Å².